The Morgan fingerprint density at radius 3 is 2.52 bits per heavy atom. The van der Waals surface area contributed by atoms with Crippen molar-refractivity contribution in [3.8, 4) is 0 Å². The molecule has 1 saturated heterocycles. The molecule has 0 aromatic rings. The molecule has 0 radical (unpaired) electrons. The molecule has 0 bridgehead atoms. The first-order valence-corrected chi connectivity index (χ1v) is 8.75. The number of nitrogens with one attached hydrogen (secondary N) is 1. The van der Waals surface area contributed by atoms with Crippen LogP contribution in [0.1, 0.15) is 19.3 Å². The van der Waals surface area contributed by atoms with Crippen molar-refractivity contribution >= 4 is 16.1 Å². The number of carbonyl (C=O) groups excluding carboxylic acids is 1. The Labute approximate surface area is 128 Å². The summed E-state index contributed by atoms with van der Waals surface area (Å²) in [5, 5.41) is 2.91. The zero-order valence-electron chi connectivity index (χ0n) is 13.5. The molecule has 1 unspecified atom stereocenters. The average Bonchev–Trinajstić information content (AvgIpc) is 2.43. The Balaban J connectivity index is 2.47. The van der Waals surface area contributed by atoms with Crippen LogP contribution in [-0.4, -0.2) is 82.2 Å². The SMILES string of the molecule is CN(C)CCCNC(=O)C1CCCN(S(=O)(=O)N(C)C)C1. The van der Waals surface area contributed by atoms with E-state index in [0.717, 1.165) is 25.8 Å². The molecule has 1 aliphatic rings. The molecule has 1 rings (SSSR count). The standard InChI is InChI=1S/C13H28N4O3S/c1-15(2)9-6-8-14-13(18)12-7-5-10-17(11-12)21(19,20)16(3)4/h12H,5-11H2,1-4H3,(H,14,18). The van der Waals surface area contributed by atoms with E-state index in [1.54, 1.807) is 0 Å². The van der Waals surface area contributed by atoms with Gasteiger partial charge >= 0.3 is 0 Å². The molecule has 1 N–H and O–H groups in total. The van der Waals surface area contributed by atoms with Crippen LogP contribution in [0.25, 0.3) is 0 Å². The zero-order chi connectivity index (χ0) is 16.0. The molecular formula is C13H28N4O3S. The highest BCUT2D eigenvalue weighted by Gasteiger charge is 2.33. The van der Waals surface area contributed by atoms with Gasteiger partial charge in [0, 0.05) is 33.7 Å². The summed E-state index contributed by atoms with van der Waals surface area (Å²) in [4.78, 5) is 14.2. The lowest BCUT2D eigenvalue weighted by Gasteiger charge is -2.32. The zero-order valence-corrected chi connectivity index (χ0v) is 14.3. The van der Waals surface area contributed by atoms with Gasteiger partial charge < -0.3 is 10.2 Å². The van der Waals surface area contributed by atoms with Crippen molar-refractivity contribution < 1.29 is 13.2 Å². The summed E-state index contributed by atoms with van der Waals surface area (Å²) in [6.07, 6.45) is 2.37. The minimum atomic E-state index is -3.42. The molecule has 0 spiro atoms. The molecule has 7 nitrogen and oxygen atoms in total. The summed E-state index contributed by atoms with van der Waals surface area (Å²) in [7, 11) is 3.59. The fourth-order valence-corrected chi connectivity index (χ4v) is 3.54. The van der Waals surface area contributed by atoms with Crippen molar-refractivity contribution in [3.05, 3.63) is 0 Å². The Morgan fingerprint density at radius 1 is 1.29 bits per heavy atom. The van der Waals surface area contributed by atoms with Crippen LogP contribution in [0.4, 0.5) is 0 Å². The Morgan fingerprint density at radius 2 is 1.95 bits per heavy atom. The van der Waals surface area contributed by atoms with Gasteiger partial charge in [-0.25, -0.2) is 0 Å². The number of carbonyl (C=O) groups is 1. The Bertz CT molecular complexity index is 437. The lowest BCUT2D eigenvalue weighted by atomic mass is 9.99. The lowest BCUT2D eigenvalue weighted by Crippen LogP contribution is -2.49. The van der Waals surface area contributed by atoms with Crippen molar-refractivity contribution in [2.75, 3.05) is 54.4 Å². The van der Waals surface area contributed by atoms with Gasteiger partial charge in [0.1, 0.15) is 0 Å². The second-order valence-electron chi connectivity index (χ2n) is 5.94. The van der Waals surface area contributed by atoms with Crippen molar-refractivity contribution in [1.29, 1.82) is 0 Å². The van der Waals surface area contributed by atoms with Gasteiger partial charge in [-0.2, -0.15) is 17.0 Å². The van der Waals surface area contributed by atoms with Crippen LogP contribution in [0.5, 0.6) is 0 Å². The molecule has 1 heterocycles. The van der Waals surface area contributed by atoms with Gasteiger partial charge in [0.05, 0.1) is 5.92 Å². The molecule has 0 aromatic heterocycles. The second kappa shape index (κ2) is 8.07. The van der Waals surface area contributed by atoms with E-state index < -0.39 is 10.2 Å². The molecule has 21 heavy (non-hydrogen) atoms. The van der Waals surface area contributed by atoms with Crippen LogP contribution in [-0.2, 0) is 15.0 Å². The summed E-state index contributed by atoms with van der Waals surface area (Å²) in [6.45, 7) is 2.32. The van der Waals surface area contributed by atoms with Gasteiger partial charge in [0.2, 0.25) is 5.91 Å². The third-order valence-electron chi connectivity index (χ3n) is 3.62. The number of rotatable bonds is 7. The lowest BCUT2D eigenvalue weighted by molar-refractivity contribution is -0.126. The van der Waals surface area contributed by atoms with Gasteiger partial charge in [0.25, 0.3) is 10.2 Å². The number of piperidine rings is 1. The Hall–Kier alpha value is -0.700. The second-order valence-corrected chi connectivity index (χ2v) is 8.08. The normalized spacial score (nSPS) is 21.0. The molecule has 124 valence electrons. The first-order chi connectivity index (χ1) is 9.75. The van der Waals surface area contributed by atoms with Crippen molar-refractivity contribution in [3.63, 3.8) is 0 Å². The maximum Gasteiger partial charge on any atom is 0.281 e. The van der Waals surface area contributed by atoms with Gasteiger partial charge in [-0.3, -0.25) is 4.79 Å². The summed E-state index contributed by atoms with van der Waals surface area (Å²) >= 11 is 0. The quantitative estimate of drug-likeness (QED) is 0.646. The van der Waals surface area contributed by atoms with Crippen molar-refractivity contribution in [1.82, 2.24) is 18.8 Å². The van der Waals surface area contributed by atoms with Crippen molar-refractivity contribution in [2.45, 2.75) is 19.3 Å². The van der Waals surface area contributed by atoms with Crippen molar-refractivity contribution in [2.24, 2.45) is 5.92 Å². The number of hydrogen-bond acceptors (Lipinski definition) is 4. The predicted octanol–water partition coefficient (Wildman–Crippen LogP) is -0.427. The maximum absolute atomic E-state index is 12.1. The van der Waals surface area contributed by atoms with E-state index in [2.05, 4.69) is 10.2 Å². The van der Waals surface area contributed by atoms with Crippen LogP contribution in [0.15, 0.2) is 0 Å². The molecule has 1 amide bonds. The van der Waals surface area contributed by atoms with E-state index in [1.165, 1.54) is 22.7 Å². The average molecular weight is 320 g/mol. The van der Waals surface area contributed by atoms with Gasteiger partial charge in [-0.15, -0.1) is 0 Å². The first-order valence-electron chi connectivity index (χ1n) is 7.35. The summed E-state index contributed by atoms with van der Waals surface area (Å²) in [6, 6.07) is 0. The van der Waals surface area contributed by atoms with Crippen LogP contribution in [0.3, 0.4) is 0 Å². The van der Waals surface area contributed by atoms with Crippen LogP contribution in [0.2, 0.25) is 0 Å². The first kappa shape index (κ1) is 18.3. The van der Waals surface area contributed by atoms with Crippen LogP contribution in [0, 0.1) is 5.92 Å². The van der Waals surface area contributed by atoms with Crippen LogP contribution >= 0.6 is 0 Å². The minimum Gasteiger partial charge on any atom is -0.356 e. The molecule has 1 atom stereocenters. The van der Waals surface area contributed by atoms with E-state index in [4.69, 9.17) is 0 Å². The largest absolute Gasteiger partial charge is 0.356 e. The van der Waals surface area contributed by atoms with Gasteiger partial charge in [-0.05, 0) is 39.9 Å². The molecule has 8 heteroatoms. The fourth-order valence-electron chi connectivity index (χ4n) is 2.35. The predicted molar refractivity (Wildman–Crippen MR) is 83.1 cm³/mol. The van der Waals surface area contributed by atoms with Gasteiger partial charge in [-0.1, -0.05) is 0 Å². The highest BCUT2D eigenvalue weighted by Crippen LogP contribution is 2.20. The molecular weight excluding hydrogens is 292 g/mol. The number of hydrogen-bond donors (Lipinski definition) is 1. The molecule has 1 fully saturated rings. The van der Waals surface area contributed by atoms with E-state index in [-0.39, 0.29) is 18.4 Å². The number of amides is 1. The fraction of sp³-hybridized carbons (Fsp3) is 0.923. The smallest absolute Gasteiger partial charge is 0.281 e. The highest BCUT2D eigenvalue weighted by atomic mass is 32.2. The minimum absolute atomic E-state index is 0.0348. The molecule has 0 saturated carbocycles. The van der Waals surface area contributed by atoms with E-state index in [1.807, 2.05) is 14.1 Å². The van der Waals surface area contributed by atoms with E-state index in [9.17, 15) is 13.2 Å². The summed E-state index contributed by atoms with van der Waals surface area (Å²) in [5.74, 6) is -0.278. The number of nitrogens with zero attached hydrogens (tertiary/aromatic N) is 3. The monoisotopic (exact) mass is 320 g/mol. The topological polar surface area (TPSA) is 73.0 Å². The molecule has 1 aliphatic heterocycles. The van der Waals surface area contributed by atoms with E-state index >= 15 is 0 Å². The Kier molecular flexibility index (Phi) is 7.05. The highest BCUT2D eigenvalue weighted by molar-refractivity contribution is 7.86. The van der Waals surface area contributed by atoms with E-state index in [0.29, 0.717) is 13.1 Å². The molecule has 0 aromatic carbocycles. The van der Waals surface area contributed by atoms with Gasteiger partial charge in [0.15, 0.2) is 0 Å². The maximum atomic E-state index is 12.1. The third-order valence-corrected chi connectivity index (χ3v) is 5.53. The molecule has 0 aliphatic carbocycles. The summed E-state index contributed by atoms with van der Waals surface area (Å²) in [5.41, 5.74) is 0. The van der Waals surface area contributed by atoms with Crippen LogP contribution < -0.4 is 5.32 Å². The summed E-state index contributed by atoms with van der Waals surface area (Å²) < 4.78 is 26.8. The third kappa shape index (κ3) is 5.54.